The van der Waals surface area contributed by atoms with Crippen LogP contribution in [-0.2, 0) is 6.42 Å². The molecule has 1 fully saturated rings. The van der Waals surface area contributed by atoms with Gasteiger partial charge in [0.05, 0.1) is 0 Å². The maximum absolute atomic E-state index is 5.84. The third kappa shape index (κ3) is 1.95. The highest BCUT2D eigenvalue weighted by atomic mass is 16.5. The van der Waals surface area contributed by atoms with Crippen LogP contribution in [0.1, 0.15) is 50.2 Å². The number of hydrogen-bond donors (Lipinski definition) is 1. The van der Waals surface area contributed by atoms with Crippen molar-refractivity contribution in [3.8, 4) is 0 Å². The Bertz CT molecular complexity index is 297. The quantitative estimate of drug-likeness (QED) is 0.795. The van der Waals surface area contributed by atoms with Gasteiger partial charge in [0.1, 0.15) is 0 Å². The van der Waals surface area contributed by atoms with Crippen molar-refractivity contribution < 1.29 is 4.52 Å². The van der Waals surface area contributed by atoms with E-state index in [2.05, 4.69) is 17.1 Å². The molecule has 0 bridgehead atoms. The molecule has 1 aliphatic rings. The van der Waals surface area contributed by atoms with Gasteiger partial charge in [-0.15, -0.1) is 0 Å². The number of aromatic nitrogens is 2. The van der Waals surface area contributed by atoms with Gasteiger partial charge >= 0.3 is 0 Å². The van der Waals surface area contributed by atoms with Crippen LogP contribution in [0.4, 0.5) is 0 Å². The molecule has 0 unspecified atom stereocenters. The molecule has 14 heavy (non-hydrogen) atoms. The molecule has 4 heteroatoms. The first-order valence-electron chi connectivity index (χ1n) is 5.37. The van der Waals surface area contributed by atoms with E-state index in [-0.39, 0.29) is 0 Å². The van der Waals surface area contributed by atoms with Crippen molar-refractivity contribution in [1.29, 1.82) is 0 Å². The van der Waals surface area contributed by atoms with Crippen molar-refractivity contribution in [1.82, 2.24) is 10.1 Å². The Morgan fingerprint density at radius 1 is 1.50 bits per heavy atom. The van der Waals surface area contributed by atoms with Gasteiger partial charge in [-0.2, -0.15) is 4.98 Å². The minimum atomic E-state index is 0.321. The SMILES string of the molecule is CCCc1noc([C@@H]2CC[C@H](N)C2)n1. The lowest BCUT2D eigenvalue weighted by Gasteiger charge is -2.01. The van der Waals surface area contributed by atoms with Gasteiger partial charge in [-0.1, -0.05) is 12.1 Å². The van der Waals surface area contributed by atoms with Crippen LogP contribution in [0.2, 0.25) is 0 Å². The highest BCUT2D eigenvalue weighted by Gasteiger charge is 2.27. The lowest BCUT2D eigenvalue weighted by molar-refractivity contribution is 0.349. The molecule has 0 radical (unpaired) electrons. The molecule has 4 nitrogen and oxygen atoms in total. The van der Waals surface area contributed by atoms with Crippen LogP contribution in [-0.4, -0.2) is 16.2 Å². The fraction of sp³-hybridized carbons (Fsp3) is 0.800. The van der Waals surface area contributed by atoms with E-state index in [1.54, 1.807) is 0 Å². The van der Waals surface area contributed by atoms with Gasteiger partial charge < -0.3 is 10.3 Å². The van der Waals surface area contributed by atoms with E-state index < -0.39 is 0 Å². The molecule has 2 rings (SSSR count). The van der Waals surface area contributed by atoms with E-state index in [0.717, 1.165) is 43.8 Å². The highest BCUT2D eigenvalue weighted by molar-refractivity contribution is 4.99. The first-order chi connectivity index (χ1) is 6.79. The van der Waals surface area contributed by atoms with Gasteiger partial charge in [0.15, 0.2) is 5.82 Å². The number of hydrogen-bond acceptors (Lipinski definition) is 4. The lowest BCUT2D eigenvalue weighted by Crippen LogP contribution is -2.14. The summed E-state index contributed by atoms with van der Waals surface area (Å²) < 4.78 is 5.23. The minimum absolute atomic E-state index is 0.321. The summed E-state index contributed by atoms with van der Waals surface area (Å²) in [6.07, 6.45) is 5.13. The zero-order valence-electron chi connectivity index (χ0n) is 8.57. The Hall–Kier alpha value is -0.900. The molecule has 1 heterocycles. The van der Waals surface area contributed by atoms with Gasteiger partial charge in [0.2, 0.25) is 5.89 Å². The number of rotatable bonds is 3. The van der Waals surface area contributed by atoms with Crippen molar-refractivity contribution >= 4 is 0 Å². The summed E-state index contributed by atoms with van der Waals surface area (Å²) in [6, 6.07) is 0.321. The second-order valence-corrected chi connectivity index (χ2v) is 4.07. The summed E-state index contributed by atoms with van der Waals surface area (Å²) in [6.45, 7) is 2.11. The third-order valence-corrected chi connectivity index (χ3v) is 2.78. The van der Waals surface area contributed by atoms with Gasteiger partial charge in [-0.3, -0.25) is 0 Å². The maximum atomic E-state index is 5.84. The van der Waals surface area contributed by atoms with E-state index in [4.69, 9.17) is 10.3 Å². The predicted octanol–water partition coefficient (Wildman–Crippen LogP) is 1.62. The van der Waals surface area contributed by atoms with Crippen LogP contribution >= 0.6 is 0 Å². The molecule has 78 valence electrons. The van der Waals surface area contributed by atoms with Gasteiger partial charge in [-0.05, 0) is 25.7 Å². The molecule has 0 aromatic carbocycles. The van der Waals surface area contributed by atoms with Crippen molar-refractivity contribution in [3.05, 3.63) is 11.7 Å². The second-order valence-electron chi connectivity index (χ2n) is 4.07. The van der Waals surface area contributed by atoms with Crippen molar-refractivity contribution in [2.24, 2.45) is 5.73 Å². The van der Waals surface area contributed by atoms with E-state index in [1.807, 2.05) is 0 Å². The fourth-order valence-corrected chi connectivity index (χ4v) is 2.00. The largest absolute Gasteiger partial charge is 0.339 e. The zero-order chi connectivity index (χ0) is 9.97. The van der Waals surface area contributed by atoms with Gasteiger partial charge in [-0.25, -0.2) is 0 Å². The van der Waals surface area contributed by atoms with Crippen LogP contribution in [0, 0.1) is 0 Å². The summed E-state index contributed by atoms with van der Waals surface area (Å²) in [5.74, 6) is 2.03. The smallest absolute Gasteiger partial charge is 0.229 e. The standard InChI is InChI=1S/C10H17N3O/c1-2-3-9-12-10(14-13-9)7-4-5-8(11)6-7/h7-8H,2-6,11H2,1H3/t7-,8+/m1/s1. The molecular formula is C10H17N3O. The normalized spacial score (nSPS) is 27.0. The number of nitrogens with two attached hydrogens (primary N) is 1. The van der Waals surface area contributed by atoms with E-state index in [0.29, 0.717) is 12.0 Å². The van der Waals surface area contributed by atoms with Crippen molar-refractivity contribution in [2.45, 2.75) is 51.0 Å². The van der Waals surface area contributed by atoms with E-state index >= 15 is 0 Å². The lowest BCUT2D eigenvalue weighted by atomic mass is 10.1. The summed E-state index contributed by atoms with van der Waals surface area (Å²) >= 11 is 0. The third-order valence-electron chi connectivity index (χ3n) is 2.78. The fourth-order valence-electron chi connectivity index (χ4n) is 2.00. The monoisotopic (exact) mass is 195 g/mol. The Labute approximate surface area is 83.9 Å². The minimum Gasteiger partial charge on any atom is -0.339 e. The Morgan fingerprint density at radius 3 is 3.00 bits per heavy atom. The molecule has 1 aromatic rings. The Morgan fingerprint density at radius 2 is 2.36 bits per heavy atom. The number of nitrogens with zero attached hydrogens (tertiary/aromatic N) is 2. The van der Waals surface area contributed by atoms with Crippen molar-refractivity contribution in [2.75, 3.05) is 0 Å². The van der Waals surface area contributed by atoms with E-state index in [9.17, 15) is 0 Å². The average molecular weight is 195 g/mol. The second kappa shape index (κ2) is 4.09. The summed E-state index contributed by atoms with van der Waals surface area (Å²) in [5.41, 5.74) is 5.84. The molecule has 0 amide bonds. The topological polar surface area (TPSA) is 64.9 Å². The molecule has 1 saturated carbocycles. The van der Waals surface area contributed by atoms with Gasteiger partial charge in [0.25, 0.3) is 0 Å². The summed E-state index contributed by atoms with van der Waals surface area (Å²) in [5, 5.41) is 3.95. The molecule has 1 aliphatic carbocycles. The van der Waals surface area contributed by atoms with Crippen LogP contribution in [0.5, 0.6) is 0 Å². The molecule has 2 atom stereocenters. The number of aryl methyl sites for hydroxylation is 1. The molecule has 0 aliphatic heterocycles. The predicted molar refractivity (Wildman–Crippen MR) is 52.9 cm³/mol. The van der Waals surface area contributed by atoms with Crippen LogP contribution in [0.15, 0.2) is 4.52 Å². The van der Waals surface area contributed by atoms with Crippen LogP contribution in [0.25, 0.3) is 0 Å². The van der Waals surface area contributed by atoms with Crippen molar-refractivity contribution in [3.63, 3.8) is 0 Å². The summed E-state index contributed by atoms with van der Waals surface area (Å²) in [4.78, 5) is 4.38. The van der Waals surface area contributed by atoms with E-state index in [1.165, 1.54) is 0 Å². The Kier molecular flexibility index (Phi) is 2.82. The summed E-state index contributed by atoms with van der Waals surface area (Å²) in [7, 11) is 0. The first kappa shape index (κ1) is 9.65. The molecular weight excluding hydrogens is 178 g/mol. The molecule has 1 aromatic heterocycles. The zero-order valence-corrected chi connectivity index (χ0v) is 8.57. The highest BCUT2D eigenvalue weighted by Crippen LogP contribution is 2.32. The Balaban J connectivity index is 2.02. The van der Waals surface area contributed by atoms with Crippen LogP contribution in [0.3, 0.4) is 0 Å². The van der Waals surface area contributed by atoms with Gasteiger partial charge in [0, 0.05) is 18.4 Å². The molecule has 0 saturated heterocycles. The molecule has 0 spiro atoms. The van der Waals surface area contributed by atoms with Crippen LogP contribution < -0.4 is 5.73 Å². The maximum Gasteiger partial charge on any atom is 0.229 e. The first-order valence-corrected chi connectivity index (χ1v) is 5.37. The average Bonchev–Trinajstić information content (AvgIpc) is 2.74. The molecule has 2 N–H and O–H groups in total.